The van der Waals surface area contributed by atoms with Gasteiger partial charge in [-0.3, -0.25) is 4.79 Å². The number of hydrogen-bond acceptors (Lipinski definition) is 4. The molecule has 0 unspecified atom stereocenters. The molecule has 0 saturated carbocycles. The van der Waals surface area contributed by atoms with Crippen LogP contribution in [0.4, 0.5) is 17.6 Å². The molecule has 198 valence electrons. The van der Waals surface area contributed by atoms with Crippen molar-refractivity contribution < 1.29 is 41.7 Å². The quantitative estimate of drug-likeness (QED) is 0.196. The van der Waals surface area contributed by atoms with E-state index in [4.69, 9.17) is 16.3 Å². The summed E-state index contributed by atoms with van der Waals surface area (Å²) in [5.74, 6) is -3.22. The number of nitrogens with zero attached hydrogens (tertiary/aromatic N) is 1. The van der Waals surface area contributed by atoms with Crippen LogP contribution in [0.25, 0.3) is 16.6 Å². The highest BCUT2D eigenvalue weighted by Crippen LogP contribution is 2.36. The maximum atomic E-state index is 14.7. The Morgan fingerprint density at radius 3 is 2.18 bits per heavy atom. The van der Waals surface area contributed by atoms with Gasteiger partial charge >= 0.3 is 12.3 Å². The highest BCUT2D eigenvalue weighted by molar-refractivity contribution is 6.30. The first kappa shape index (κ1) is 27.0. The first-order valence-electron chi connectivity index (χ1n) is 11.1. The molecule has 0 radical (unpaired) electrons. The molecule has 1 heterocycles. The van der Waals surface area contributed by atoms with Crippen LogP contribution >= 0.6 is 11.6 Å². The smallest absolute Gasteiger partial charge is 0.478 e. The van der Waals surface area contributed by atoms with Crippen LogP contribution in [0, 0.1) is 12.7 Å². The van der Waals surface area contributed by atoms with Gasteiger partial charge < -0.3 is 19.1 Å². The number of halogens is 5. The number of rotatable bonds is 7. The number of aliphatic carboxylic acids is 1. The zero-order valence-corrected chi connectivity index (χ0v) is 20.9. The second-order valence-corrected chi connectivity index (χ2v) is 9.36. The van der Waals surface area contributed by atoms with E-state index >= 15 is 0 Å². The molecule has 4 rings (SSSR count). The van der Waals surface area contributed by atoms with E-state index in [9.17, 15) is 32.3 Å². The van der Waals surface area contributed by atoms with Crippen LogP contribution in [0.3, 0.4) is 0 Å². The van der Waals surface area contributed by atoms with Gasteiger partial charge in [-0.15, -0.1) is 13.2 Å². The third-order valence-electron chi connectivity index (χ3n) is 5.75. The molecule has 0 saturated heterocycles. The van der Waals surface area contributed by atoms with Crippen molar-refractivity contribution in [2.45, 2.75) is 32.7 Å². The van der Waals surface area contributed by atoms with Crippen LogP contribution in [-0.4, -0.2) is 33.4 Å². The number of carbonyl (C=O) groups excluding carboxylic acids is 1. The number of carboxylic acids is 1. The van der Waals surface area contributed by atoms with Gasteiger partial charge in [0, 0.05) is 39.9 Å². The molecular formula is C27H20ClF4NO5. The van der Waals surface area contributed by atoms with Gasteiger partial charge in [-0.1, -0.05) is 11.6 Å². The average Bonchev–Trinajstić information content (AvgIpc) is 3.08. The maximum Gasteiger partial charge on any atom is 0.573 e. The van der Waals surface area contributed by atoms with Gasteiger partial charge in [-0.05, 0) is 63.2 Å². The van der Waals surface area contributed by atoms with Crippen LogP contribution in [0.2, 0.25) is 5.02 Å². The van der Waals surface area contributed by atoms with E-state index in [1.165, 1.54) is 54.8 Å². The van der Waals surface area contributed by atoms with Crippen LogP contribution in [-0.2, 0) is 4.79 Å². The van der Waals surface area contributed by atoms with Crippen molar-refractivity contribution >= 4 is 34.3 Å². The van der Waals surface area contributed by atoms with E-state index in [-0.39, 0.29) is 39.2 Å². The fourth-order valence-corrected chi connectivity index (χ4v) is 4.16. The minimum atomic E-state index is -4.97. The number of aromatic nitrogens is 1. The van der Waals surface area contributed by atoms with Crippen LogP contribution in [0.5, 0.6) is 11.5 Å². The highest BCUT2D eigenvalue weighted by Gasteiger charge is 2.32. The average molecular weight is 550 g/mol. The number of ketones is 1. The summed E-state index contributed by atoms with van der Waals surface area (Å²) in [5, 5.41) is 10.1. The standard InChI is InChI=1S/C27H20ClF4NO5/c1-14-23(24(34)15-4-6-16(28)7-5-15)21-9-8-19(38-27(30,31)32)13-22(21)33(14)18-10-17(29)11-20(12-18)37-26(2,3)25(35)36/h4-13H,1-3H3,(H,35,36). The largest absolute Gasteiger partial charge is 0.573 e. The summed E-state index contributed by atoms with van der Waals surface area (Å²) in [5.41, 5.74) is -0.767. The topological polar surface area (TPSA) is 77.8 Å². The number of alkyl halides is 3. The van der Waals surface area contributed by atoms with Crippen molar-refractivity contribution in [3.63, 3.8) is 0 Å². The predicted molar refractivity (Wildman–Crippen MR) is 132 cm³/mol. The van der Waals surface area contributed by atoms with E-state index < -0.39 is 35.3 Å². The molecule has 3 aromatic carbocycles. The van der Waals surface area contributed by atoms with E-state index in [0.29, 0.717) is 5.02 Å². The number of ether oxygens (including phenoxy) is 2. The Hall–Kier alpha value is -4.05. The van der Waals surface area contributed by atoms with Gasteiger partial charge in [0.25, 0.3) is 0 Å². The Bertz CT molecular complexity index is 1560. The van der Waals surface area contributed by atoms with Crippen molar-refractivity contribution in [1.29, 1.82) is 0 Å². The van der Waals surface area contributed by atoms with Gasteiger partial charge in [0.05, 0.1) is 16.8 Å². The normalized spacial score (nSPS) is 12.0. The summed E-state index contributed by atoms with van der Waals surface area (Å²) >= 11 is 5.93. The zero-order valence-electron chi connectivity index (χ0n) is 20.2. The molecule has 0 amide bonds. The molecule has 1 aromatic heterocycles. The molecular weight excluding hydrogens is 530 g/mol. The van der Waals surface area contributed by atoms with Crippen molar-refractivity contribution in [3.05, 3.63) is 88.3 Å². The van der Waals surface area contributed by atoms with E-state index in [1.807, 2.05) is 0 Å². The first-order valence-corrected chi connectivity index (χ1v) is 11.5. The third kappa shape index (κ3) is 5.45. The van der Waals surface area contributed by atoms with Crippen molar-refractivity contribution in [3.8, 4) is 17.2 Å². The highest BCUT2D eigenvalue weighted by atomic mass is 35.5. The molecule has 0 atom stereocenters. The molecule has 6 nitrogen and oxygen atoms in total. The van der Waals surface area contributed by atoms with Crippen molar-refractivity contribution in [2.24, 2.45) is 0 Å². The summed E-state index contributed by atoms with van der Waals surface area (Å²) in [6, 6.07) is 12.9. The summed E-state index contributed by atoms with van der Waals surface area (Å²) in [6.07, 6.45) is -4.97. The minimum Gasteiger partial charge on any atom is -0.478 e. The first-order chi connectivity index (χ1) is 17.7. The summed E-state index contributed by atoms with van der Waals surface area (Å²) in [6.45, 7) is 4.11. The fraction of sp³-hybridized carbons (Fsp3) is 0.185. The molecule has 1 N–H and O–H groups in total. The molecule has 0 aliphatic heterocycles. The lowest BCUT2D eigenvalue weighted by Crippen LogP contribution is -2.37. The van der Waals surface area contributed by atoms with Gasteiger partial charge in [0.1, 0.15) is 17.3 Å². The van der Waals surface area contributed by atoms with Crippen LogP contribution < -0.4 is 9.47 Å². The zero-order chi connectivity index (χ0) is 28.0. The molecule has 0 fully saturated rings. The SMILES string of the molecule is Cc1c(C(=O)c2ccc(Cl)cc2)c2ccc(OC(F)(F)F)cc2n1-c1cc(F)cc(OC(C)(C)C(=O)O)c1. The summed E-state index contributed by atoms with van der Waals surface area (Å²) < 4.78 is 64.5. The third-order valence-corrected chi connectivity index (χ3v) is 6.00. The predicted octanol–water partition coefficient (Wildman–Crippen LogP) is 7.10. The van der Waals surface area contributed by atoms with E-state index in [0.717, 1.165) is 24.3 Å². The van der Waals surface area contributed by atoms with E-state index in [2.05, 4.69) is 4.74 Å². The maximum absolute atomic E-state index is 14.7. The number of benzene rings is 3. The Kier molecular flexibility index (Phi) is 6.88. The Morgan fingerprint density at radius 2 is 1.58 bits per heavy atom. The Balaban J connectivity index is 1.96. The van der Waals surface area contributed by atoms with Crippen molar-refractivity contribution in [1.82, 2.24) is 4.57 Å². The minimum absolute atomic E-state index is 0.0861. The Labute approximate surface area is 219 Å². The number of fused-ring (bicyclic) bond motifs is 1. The lowest BCUT2D eigenvalue weighted by molar-refractivity contribution is -0.274. The fourth-order valence-electron chi connectivity index (χ4n) is 4.03. The van der Waals surface area contributed by atoms with E-state index in [1.54, 1.807) is 6.92 Å². The van der Waals surface area contributed by atoms with Crippen LogP contribution in [0.15, 0.2) is 60.7 Å². The monoisotopic (exact) mass is 549 g/mol. The Morgan fingerprint density at radius 1 is 0.921 bits per heavy atom. The summed E-state index contributed by atoms with van der Waals surface area (Å²) in [7, 11) is 0. The number of hydrogen-bond donors (Lipinski definition) is 1. The van der Waals surface area contributed by atoms with Crippen molar-refractivity contribution in [2.75, 3.05) is 0 Å². The molecule has 4 aromatic rings. The molecule has 0 aliphatic rings. The van der Waals surface area contributed by atoms with Crippen LogP contribution in [0.1, 0.15) is 35.5 Å². The van der Waals surface area contributed by atoms with Gasteiger partial charge in [0.2, 0.25) is 0 Å². The molecule has 0 aliphatic carbocycles. The molecule has 11 heteroatoms. The second-order valence-electron chi connectivity index (χ2n) is 8.92. The lowest BCUT2D eigenvalue weighted by atomic mass is 10.0. The van der Waals surface area contributed by atoms with Gasteiger partial charge in [0.15, 0.2) is 11.4 Å². The molecule has 38 heavy (non-hydrogen) atoms. The second kappa shape index (κ2) is 9.68. The van der Waals surface area contributed by atoms with Gasteiger partial charge in [-0.2, -0.15) is 0 Å². The van der Waals surface area contributed by atoms with Gasteiger partial charge in [-0.25, -0.2) is 9.18 Å². The lowest BCUT2D eigenvalue weighted by Gasteiger charge is -2.22. The molecule has 0 bridgehead atoms. The molecule has 0 spiro atoms. The summed E-state index contributed by atoms with van der Waals surface area (Å²) in [4.78, 5) is 25.0. The number of carboxylic acid groups (broad SMARTS) is 1. The number of carbonyl (C=O) groups is 2.